The first kappa shape index (κ1) is 18.9. The number of rotatable bonds is 8. The molecule has 5 heteroatoms. The van der Waals surface area contributed by atoms with Crippen LogP contribution in [0.5, 0.6) is 0 Å². The van der Waals surface area contributed by atoms with Crippen molar-refractivity contribution >= 4 is 17.5 Å². The molecule has 5 nitrogen and oxygen atoms in total. The van der Waals surface area contributed by atoms with E-state index in [-0.39, 0.29) is 0 Å². The molecule has 0 fully saturated rings. The van der Waals surface area contributed by atoms with Gasteiger partial charge in [-0.25, -0.2) is 4.98 Å². The molecule has 140 valence electrons. The molecule has 3 aromatic rings. The van der Waals surface area contributed by atoms with Crippen molar-refractivity contribution in [3.63, 3.8) is 0 Å². The molecule has 0 unspecified atom stereocenters. The summed E-state index contributed by atoms with van der Waals surface area (Å²) >= 11 is 0. The molecule has 3 rings (SSSR count). The highest BCUT2D eigenvalue weighted by Gasteiger charge is 2.07. The Balaban J connectivity index is 1.83. The Kier molecular flexibility index (Phi) is 6.39. The molecule has 2 aromatic carbocycles. The highest BCUT2D eigenvalue weighted by Crippen LogP contribution is 2.23. The molecule has 0 radical (unpaired) electrons. The Morgan fingerprint density at radius 1 is 0.926 bits per heavy atom. The first-order valence-electron chi connectivity index (χ1n) is 9.27. The molecule has 27 heavy (non-hydrogen) atoms. The van der Waals surface area contributed by atoms with Crippen LogP contribution in [0.15, 0.2) is 60.7 Å². The number of nitrogens with one attached hydrogen (secondary N) is 2. The van der Waals surface area contributed by atoms with E-state index in [1.165, 1.54) is 5.56 Å². The quantitative estimate of drug-likeness (QED) is 0.576. The molecule has 0 aliphatic heterocycles. The molecule has 2 N–H and O–H groups in total. The molecule has 0 amide bonds. The monoisotopic (exact) mass is 361 g/mol. The summed E-state index contributed by atoms with van der Waals surface area (Å²) in [6, 6.07) is 20.4. The Hall–Kier alpha value is -2.92. The molecule has 1 heterocycles. The topological polar surface area (TPSA) is 53.1 Å². The van der Waals surface area contributed by atoms with E-state index >= 15 is 0 Å². The van der Waals surface area contributed by atoms with Crippen molar-refractivity contribution in [1.82, 2.24) is 14.9 Å². The van der Waals surface area contributed by atoms with Gasteiger partial charge in [0.25, 0.3) is 0 Å². The van der Waals surface area contributed by atoms with Crippen LogP contribution < -0.4 is 10.6 Å². The van der Waals surface area contributed by atoms with Crippen LogP contribution in [-0.2, 0) is 0 Å². The fraction of sp³-hybridized carbons (Fsp3) is 0.273. The summed E-state index contributed by atoms with van der Waals surface area (Å²) in [7, 11) is 4.17. The van der Waals surface area contributed by atoms with Gasteiger partial charge >= 0.3 is 0 Å². The van der Waals surface area contributed by atoms with E-state index in [1.807, 2.05) is 36.4 Å². The minimum absolute atomic E-state index is 0.595. The predicted octanol–water partition coefficient (Wildman–Crippen LogP) is 4.56. The summed E-state index contributed by atoms with van der Waals surface area (Å²) in [6.45, 7) is 3.98. The van der Waals surface area contributed by atoms with Crippen LogP contribution in [0, 0.1) is 6.92 Å². The predicted molar refractivity (Wildman–Crippen MR) is 114 cm³/mol. The van der Waals surface area contributed by atoms with Gasteiger partial charge in [0.1, 0.15) is 5.82 Å². The minimum atomic E-state index is 0.595. The maximum atomic E-state index is 4.71. The Bertz CT molecular complexity index is 862. The van der Waals surface area contributed by atoms with Crippen LogP contribution in [0.25, 0.3) is 11.3 Å². The average Bonchev–Trinajstić information content (AvgIpc) is 2.66. The van der Waals surface area contributed by atoms with Crippen LogP contribution in [0.4, 0.5) is 17.5 Å². The van der Waals surface area contributed by atoms with E-state index in [0.717, 1.165) is 42.3 Å². The van der Waals surface area contributed by atoms with Crippen LogP contribution in [0.1, 0.15) is 12.0 Å². The standard InChI is InChI=1S/C22H27N5/c1-17-9-7-12-19(15-17)24-22-25-20(18-10-5-4-6-11-18)16-21(26-22)23-13-8-14-27(2)3/h4-7,9-12,15-16H,8,13-14H2,1-3H3,(H2,23,24,25,26). The Morgan fingerprint density at radius 2 is 1.74 bits per heavy atom. The highest BCUT2D eigenvalue weighted by atomic mass is 15.1. The first-order chi connectivity index (χ1) is 13.1. The summed E-state index contributed by atoms with van der Waals surface area (Å²) in [5, 5.41) is 6.76. The third-order valence-electron chi connectivity index (χ3n) is 4.16. The molecule has 0 bridgehead atoms. The van der Waals surface area contributed by atoms with Gasteiger partial charge in [-0.15, -0.1) is 0 Å². The van der Waals surface area contributed by atoms with Crippen molar-refractivity contribution in [2.75, 3.05) is 37.8 Å². The summed E-state index contributed by atoms with van der Waals surface area (Å²) < 4.78 is 0. The van der Waals surface area contributed by atoms with Gasteiger partial charge in [0.05, 0.1) is 5.69 Å². The number of aromatic nitrogens is 2. The largest absolute Gasteiger partial charge is 0.370 e. The van der Waals surface area contributed by atoms with Gasteiger partial charge < -0.3 is 15.5 Å². The van der Waals surface area contributed by atoms with Crippen LogP contribution >= 0.6 is 0 Å². The molecule has 0 aliphatic carbocycles. The van der Waals surface area contributed by atoms with Crippen LogP contribution in [0.2, 0.25) is 0 Å². The molecule has 0 aliphatic rings. The van der Waals surface area contributed by atoms with Gasteiger partial charge in [0.2, 0.25) is 5.95 Å². The lowest BCUT2D eigenvalue weighted by molar-refractivity contribution is 0.405. The lowest BCUT2D eigenvalue weighted by Gasteiger charge is -2.13. The fourth-order valence-corrected chi connectivity index (χ4v) is 2.81. The van der Waals surface area contributed by atoms with Crippen molar-refractivity contribution in [2.24, 2.45) is 0 Å². The van der Waals surface area contributed by atoms with Gasteiger partial charge in [-0.1, -0.05) is 42.5 Å². The third-order valence-corrected chi connectivity index (χ3v) is 4.16. The molecular formula is C22H27N5. The van der Waals surface area contributed by atoms with E-state index in [0.29, 0.717) is 5.95 Å². The maximum absolute atomic E-state index is 4.71. The second kappa shape index (κ2) is 9.14. The number of anilines is 3. The lowest BCUT2D eigenvalue weighted by Crippen LogP contribution is -2.16. The second-order valence-corrected chi connectivity index (χ2v) is 6.91. The van der Waals surface area contributed by atoms with Crippen molar-refractivity contribution in [1.29, 1.82) is 0 Å². The number of aryl methyl sites for hydroxylation is 1. The van der Waals surface area contributed by atoms with E-state index < -0.39 is 0 Å². The molecule has 1 aromatic heterocycles. The van der Waals surface area contributed by atoms with E-state index in [4.69, 9.17) is 4.98 Å². The molecular weight excluding hydrogens is 334 g/mol. The number of nitrogens with zero attached hydrogens (tertiary/aromatic N) is 3. The Morgan fingerprint density at radius 3 is 2.48 bits per heavy atom. The molecule has 0 saturated heterocycles. The lowest BCUT2D eigenvalue weighted by atomic mass is 10.1. The van der Waals surface area contributed by atoms with Gasteiger partial charge in [-0.3, -0.25) is 0 Å². The smallest absolute Gasteiger partial charge is 0.229 e. The van der Waals surface area contributed by atoms with Crippen molar-refractivity contribution in [3.8, 4) is 11.3 Å². The van der Waals surface area contributed by atoms with Crippen LogP contribution in [-0.4, -0.2) is 42.1 Å². The van der Waals surface area contributed by atoms with E-state index in [9.17, 15) is 0 Å². The number of benzene rings is 2. The zero-order chi connectivity index (χ0) is 19.1. The summed E-state index contributed by atoms with van der Waals surface area (Å²) in [4.78, 5) is 11.6. The SMILES string of the molecule is Cc1cccc(Nc2nc(NCCCN(C)C)cc(-c3ccccc3)n2)c1. The van der Waals surface area contributed by atoms with Crippen molar-refractivity contribution in [2.45, 2.75) is 13.3 Å². The molecule has 0 saturated carbocycles. The van der Waals surface area contributed by atoms with E-state index in [1.54, 1.807) is 0 Å². The number of hydrogen-bond donors (Lipinski definition) is 2. The summed E-state index contributed by atoms with van der Waals surface area (Å²) in [5.74, 6) is 1.43. The van der Waals surface area contributed by atoms with Gasteiger partial charge in [0.15, 0.2) is 0 Å². The van der Waals surface area contributed by atoms with E-state index in [2.05, 4.69) is 65.8 Å². The minimum Gasteiger partial charge on any atom is -0.370 e. The van der Waals surface area contributed by atoms with Gasteiger partial charge in [0, 0.05) is 23.9 Å². The number of hydrogen-bond acceptors (Lipinski definition) is 5. The van der Waals surface area contributed by atoms with Gasteiger partial charge in [-0.2, -0.15) is 4.98 Å². The highest BCUT2D eigenvalue weighted by molar-refractivity contribution is 5.66. The summed E-state index contributed by atoms with van der Waals surface area (Å²) in [6.07, 6.45) is 1.05. The zero-order valence-electron chi connectivity index (χ0n) is 16.2. The average molecular weight is 361 g/mol. The summed E-state index contributed by atoms with van der Waals surface area (Å²) in [5.41, 5.74) is 4.15. The zero-order valence-corrected chi connectivity index (χ0v) is 16.2. The Labute approximate surface area is 161 Å². The first-order valence-corrected chi connectivity index (χ1v) is 9.27. The second-order valence-electron chi connectivity index (χ2n) is 6.91. The normalized spacial score (nSPS) is 10.8. The van der Waals surface area contributed by atoms with Crippen LogP contribution in [0.3, 0.4) is 0 Å². The molecule has 0 spiro atoms. The molecule has 0 atom stereocenters. The maximum Gasteiger partial charge on any atom is 0.229 e. The third kappa shape index (κ3) is 5.79. The fourth-order valence-electron chi connectivity index (χ4n) is 2.81. The van der Waals surface area contributed by atoms with Gasteiger partial charge in [-0.05, 0) is 51.7 Å². The van der Waals surface area contributed by atoms with Crippen molar-refractivity contribution < 1.29 is 0 Å². The van der Waals surface area contributed by atoms with Crippen molar-refractivity contribution in [3.05, 3.63) is 66.2 Å².